The lowest BCUT2D eigenvalue weighted by Gasteiger charge is -2.32. The van der Waals surface area contributed by atoms with Crippen molar-refractivity contribution in [3.63, 3.8) is 0 Å². The second-order valence-electron chi connectivity index (χ2n) is 11.4. The van der Waals surface area contributed by atoms with E-state index in [9.17, 15) is 14.4 Å². The monoisotopic (exact) mass is 633 g/mol. The number of amides is 2. The van der Waals surface area contributed by atoms with Crippen LogP contribution in [0.5, 0.6) is 0 Å². The number of nitrogens with two attached hydrogens (primary N) is 1. The smallest absolute Gasteiger partial charge is 0.337 e. The van der Waals surface area contributed by atoms with Crippen molar-refractivity contribution in [3.05, 3.63) is 77.3 Å². The van der Waals surface area contributed by atoms with E-state index in [-0.39, 0.29) is 25.5 Å². The van der Waals surface area contributed by atoms with Gasteiger partial charge >= 0.3 is 5.97 Å². The number of carbonyl (C=O) groups excluding carboxylic acids is 3. The van der Waals surface area contributed by atoms with E-state index in [0.717, 1.165) is 21.7 Å². The number of carbonyl (C=O) groups is 3. The number of rotatable bonds is 12. The van der Waals surface area contributed by atoms with Crippen LogP contribution in [-0.2, 0) is 41.6 Å². The molecule has 1 saturated heterocycles. The van der Waals surface area contributed by atoms with Gasteiger partial charge < -0.3 is 30.2 Å². The Morgan fingerprint density at radius 1 is 1.16 bits per heavy atom. The van der Waals surface area contributed by atoms with Crippen LogP contribution in [-0.4, -0.2) is 83.6 Å². The van der Waals surface area contributed by atoms with E-state index < -0.39 is 41.6 Å². The number of likely N-dealkylation sites (tertiary alicyclic amines) is 1. The maximum Gasteiger partial charge on any atom is 0.337 e. The predicted octanol–water partition coefficient (Wildman–Crippen LogP) is 3.12. The molecule has 0 spiro atoms. The van der Waals surface area contributed by atoms with Crippen molar-refractivity contribution in [2.24, 2.45) is 10.7 Å². The number of nitrogens with one attached hydrogen (secondary N) is 1. The first kappa shape index (κ1) is 32.3. The first-order valence-corrected chi connectivity index (χ1v) is 15.9. The fraction of sp³-hybridized carbons (Fsp3) is 0.424. The molecule has 5 rings (SSSR count). The summed E-state index contributed by atoms with van der Waals surface area (Å²) in [5.74, 6) is -1.00. The minimum Gasteiger partial charge on any atom is -0.476 e. The number of aromatic nitrogens is 1. The molecule has 1 fully saturated rings. The summed E-state index contributed by atoms with van der Waals surface area (Å²) in [6, 6.07) is 15.1. The van der Waals surface area contributed by atoms with Crippen LogP contribution in [0.2, 0.25) is 0 Å². The zero-order chi connectivity index (χ0) is 32.0. The SMILES string of the molecule is COC(=O)[C@@]1(Cc2cccc(-c3nccs3)c2)COC(C2CCCN2C(=O)[C@@H](NC(=O)[C@H](C)N)C(C)OCc2ccccc2)=N1. The highest BCUT2D eigenvalue weighted by Gasteiger charge is 2.49. The number of esters is 1. The molecule has 45 heavy (non-hydrogen) atoms. The Morgan fingerprint density at radius 3 is 2.64 bits per heavy atom. The minimum absolute atomic E-state index is 0.0174. The first-order chi connectivity index (χ1) is 21.7. The molecular formula is C33H39N5O6S. The van der Waals surface area contributed by atoms with Gasteiger partial charge in [-0.15, -0.1) is 11.3 Å². The molecule has 2 aromatic carbocycles. The molecule has 11 nitrogen and oxygen atoms in total. The quantitative estimate of drug-likeness (QED) is 0.290. The Labute approximate surface area is 266 Å². The molecule has 2 aliphatic heterocycles. The minimum atomic E-state index is -1.31. The van der Waals surface area contributed by atoms with Gasteiger partial charge in [0.1, 0.15) is 23.7 Å². The van der Waals surface area contributed by atoms with Crippen molar-refractivity contribution in [2.45, 2.75) is 69.5 Å². The second kappa shape index (κ2) is 14.3. The third kappa shape index (κ3) is 7.41. The van der Waals surface area contributed by atoms with E-state index in [1.807, 2.05) is 60.0 Å². The van der Waals surface area contributed by atoms with Crippen LogP contribution in [0.3, 0.4) is 0 Å². The Morgan fingerprint density at radius 2 is 1.93 bits per heavy atom. The lowest BCUT2D eigenvalue weighted by atomic mass is 9.92. The molecule has 0 saturated carbocycles. The van der Waals surface area contributed by atoms with E-state index in [4.69, 9.17) is 24.9 Å². The number of ether oxygens (including phenoxy) is 3. The molecule has 0 bridgehead atoms. The van der Waals surface area contributed by atoms with Crippen LogP contribution < -0.4 is 11.1 Å². The number of nitrogens with zero attached hydrogens (tertiary/aromatic N) is 3. The zero-order valence-corrected chi connectivity index (χ0v) is 26.5. The predicted molar refractivity (Wildman–Crippen MR) is 170 cm³/mol. The van der Waals surface area contributed by atoms with Gasteiger partial charge in [-0.1, -0.05) is 48.5 Å². The van der Waals surface area contributed by atoms with Crippen molar-refractivity contribution < 1.29 is 28.6 Å². The van der Waals surface area contributed by atoms with Crippen molar-refractivity contribution in [1.29, 1.82) is 0 Å². The summed E-state index contributed by atoms with van der Waals surface area (Å²) in [7, 11) is 1.33. The molecular weight excluding hydrogens is 594 g/mol. The molecule has 5 atom stereocenters. The van der Waals surface area contributed by atoms with Crippen molar-refractivity contribution in [1.82, 2.24) is 15.2 Å². The van der Waals surface area contributed by atoms with E-state index in [1.54, 1.807) is 24.9 Å². The highest BCUT2D eigenvalue weighted by atomic mass is 32.1. The Hall–Kier alpha value is -4.13. The Kier molecular flexibility index (Phi) is 10.3. The molecule has 3 heterocycles. The van der Waals surface area contributed by atoms with Crippen LogP contribution in [0, 0.1) is 0 Å². The highest BCUT2D eigenvalue weighted by molar-refractivity contribution is 7.13. The number of thiazole rings is 1. The summed E-state index contributed by atoms with van der Waals surface area (Å²) in [5.41, 5.74) is 7.30. The van der Waals surface area contributed by atoms with Gasteiger partial charge in [0.15, 0.2) is 5.54 Å². The average Bonchev–Trinajstić information content (AvgIpc) is 3.84. The molecule has 0 aliphatic carbocycles. The maximum absolute atomic E-state index is 14.1. The zero-order valence-electron chi connectivity index (χ0n) is 25.7. The van der Waals surface area contributed by atoms with Gasteiger partial charge in [-0.2, -0.15) is 0 Å². The standard InChI is InChI=1S/C33H39N5O6S/c1-21(34)28(39)36-27(22(2)43-19-23-9-5-4-6-10-23)31(40)38-15-8-13-26(38)29-37-33(20-44-29,32(41)42-3)18-24-11-7-12-25(17-24)30-35-14-16-45-30/h4-7,9-12,14,16-17,21-22,26-27H,8,13,15,18-20,34H2,1-3H3,(H,36,39)/t21-,22?,26?,27-,33+/m0/s1. The molecule has 3 aromatic rings. The lowest BCUT2D eigenvalue weighted by Crippen LogP contribution is -2.58. The molecule has 12 heteroatoms. The Balaban J connectivity index is 1.37. The molecule has 2 aliphatic rings. The Bertz CT molecular complexity index is 1510. The third-order valence-corrected chi connectivity index (χ3v) is 8.90. The van der Waals surface area contributed by atoms with Crippen molar-refractivity contribution >= 4 is 35.0 Å². The van der Waals surface area contributed by atoms with Gasteiger partial charge in [-0.25, -0.2) is 14.8 Å². The average molecular weight is 634 g/mol. The molecule has 3 N–H and O–H groups in total. The summed E-state index contributed by atoms with van der Waals surface area (Å²) in [6.45, 7) is 4.00. The van der Waals surface area contributed by atoms with Gasteiger partial charge in [0.05, 0.1) is 25.9 Å². The molecule has 238 valence electrons. The van der Waals surface area contributed by atoms with Crippen molar-refractivity contribution in [2.75, 3.05) is 20.3 Å². The van der Waals surface area contributed by atoms with E-state index >= 15 is 0 Å². The van der Waals surface area contributed by atoms with Crippen LogP contribution in [0.4, 0.5) is 0 Å². The summed E-state index contributed by atoms with van der Waals surface area (Å²) in [6.07, 6.45) is 2.64. The number of hydrogen-bond acceptors (Lipinski definition) is 10. The van der Waals surface area contributed by atoms with Gasteiger partial charge in [-0.3, -0.25) is 9.59 Å². The maximum atomic E-state index is 14.1. The van der Waals surface area contributed by atoms with Gasteiger partial charge in [0.25, 0.3) is 0 Å². The second-order valence-corrected chi connectivity index (χ2v) is 12.3. The number of methoxy groups -OCH3 is 1. The van der Waals surface area contributed by atoms with Crippen molar-refractivity contribution in [3.8, 4) is 10.6 Å². The number of aliphatic imine (C=N–C) groups is 1. The van der Waals surface area contributed by atoms with Crippen LogP contribution in [0.1, 0.15) is 37.8 Å². The summed E-state index contributed by atoms with van der Waals surface area (Å²) >= 11 is 1.53. The molecule has 1 aromatic heterocycles. The first-order valence-electron chi connectivity index (χ1n) is 15.0. The third-order valence-electron chi connectivity index (χ3n) is 8.07. The number of benzene rings is 2. The number of hydrogen-bond donors (Lipinski definition) is 2. The van der Waals surface area contributed by atoms with Gasteiger partial charge in [0, 0.05) is 30.1 Å². The molecule has 0 radical (unpaired) electrons. The largest absolute Gasteiger partial charge is 0.476 e. The fourth-order valence-corrected chi connectivity index (χ4v) is 6.28. The van der Waals surface area contributed by atoms with E-state index in [0.29, 0.717) is 25.3 Å². The summed E-state index contributed by atoms with van der Waals surface area (Å²) < 4.78 is 17.4. The molecule has 2 amide bonds. The molecule has 2 unspecified atom stereocenters. The van der Waals surface area contributed by atoms with Crippen LogP contribution in [0.15, 0.2) is 71.2 Å². The topological polar surface area (TPSA) is 145 Å². The lowest BCUT2D eigenvalue weighted by molar-refractivity contribution is -0.147. The fourth-order valence-electron chi connectivity index (χ4n) is 5.64. The van der Waals surface area contributed by atoms with E-state index in [1.165, 1.54) is 18.4 Å². The van der Waals surface area contributed by atoms with Gasteiger partial charge in [0.2, 0.25) is 17.7 Å². The normalized spacial score (nSPS) is 21.4. The summed E-state index contributed by atoms with van der Waals surface area (Å²) in [5, 5.41) is 5.59. The van der Waals surface area contributed by atoms with Crippen LogP contribution in [0.25, 0.3) is 10.6 Å². The van der Waals surface area contributed by atoms with E-state index in [2.05, 4.69) is 10.3 Å². The van der Waals surface area contributed by atoms with Gasteiger partial charge in [-0.05, 0) is 43.9 Å². The van der Waals surface area contributed by atoms with Crippen LogP contribution >= 0.6 is 11.3 Å². The highest BCUT2D eigenvalue weighted by Crippen LogP contribution is 2.32. The summed E-state index contributed by atoms with van der Waals surface area (Å²) in [4.78, 5) is 50.9.